The van der Waals surface area contributed by atoms with E-state index in [0.29, 0.717) is 6.07 Å². The first kappa shape index (κ1) is 9.24. The van der Waals surface area contributed by atoms with Gasteiger partial charge in [-0.15, -0.1) is 0 Å². The molecular formula is C7H5FN2O3. The van der Waals surface area contributed by atoms with Crippen LogP contribution in [0.25, 0.3) is 0 Å². The average molecular weight is 184 g/mol. The lowest BCUT2D eigenvalue weighted by Gasteiger charge is -1.96. The summed E-state index contributed by atoms with van der Waals surface area (Å²) in [5.41, 5.74) is -0.932. The van der Waals surface area contributed by atoms with E-state index in [4.69, 9.17) is 0 Å². The summed E-state index contributed by atoms with van der Waals surface area (Å²) in [5.74, 6) is -1.40. The summed E-state index contributed by atoms with van der Waals surface area (Å²) in [5, 5.41) is 10.3. The molecule has 1 aromatic rings. The third-order valence-corrected chi connectivity index (χ3v) is 1.36. The van der Waals surface area contributed by atoms with Crippen LogP contribution in [-0.2, 0) is 0 Å². The Morgan fingerprint density at radius 2 is 2.31 bits per heavy atom. The van der Waals surface area contributed by atoms with Crippen LogP contribution in [0.5, 0.6) is 0 Å². The van der Waals surface area contributed by atoms with E-state index in [1.165, 1.54) is 0 Å². The summed E-state index contributed by atoms with van der Waals surface area (Å²) in [4.78, 5) is 23.6. The van der Waals surface area contributed by atoms with E-state index in [0.717, 1.165) is 13.1 Å². The molecule has 1 aromatic heterocycles. The van der Waals surface area contributed by atoms with E-state index in [-0.39, 0.29) is 5.69 Å². The van der Waals surface area contributed by atoms with Gasteiger partial charge < -0.3 is 0 Å². The van der Waals surface area contributed by atoms with Crippen molar-refractivity contribution in [2.45, 2.75) is 6.92 Å². The third kappa shape index (κ3) is 1.84. The van der Waals surface area contributed by atoms with Gasteiger partial charge in [0.2, 0.25) is 0 Å². The second kappa shape index (κ2) is 3.26. The van der Waals surface area contributed by atoms with Crippen LogP contribution in [0.15, 0.2) is 12.3 Å². The Bertz CT molecular complexity index is 378. The van der Waals surface area contributed by atoms with Crippen LogP contribution in [-0.4, -0.2) is 15.7 Å². The number of nitro groups is 1. The maximum Gasteiger partial charge on any atom is 0.301 e. The van der Waals surface area contributed by atoms with Crippen LogP contribution in [0.1, 0.15) is 17.4 Å². The third-order valence-electron chi connectivity index (χ3n) is 1.36. The van der Waals surface area contributed by atoms with Gasteiger partial charge in [-0.1, -0.05) is 0 Å². The van der Waals surface area contributed by atoms with Gasteiger partial charge in [0, 0.05) is 6.92 Å². The fourth-order valence-corrected chi connectivity index (χ4v) is 0.839. The number of Topliss-reactive ketones (excluding diaryl/α,β-unsaturated/α-hetero) is 1. The van der Waals surface area contributed by atoms with Crippen LogP contribution in [0, 0.1) is 15.9 Å². The highest BCUT2D eigenvalue weighted by Crippen LogP contribution is 2.17. The highest BCUT2D eigenvalue weighted by atomic mass is 19.1. The predicted molar refractivity (Wildman–Crippen MR) is 40.9 cm³/mol. The van der Waals surface area contributed by atoms with Gasteiger partial charge in [-0.3, -0.25) is 14.9 Å². The van der Waals surface area contributed by atoms with Crippen LogP contribution in [0.2, 0.25) is 0 Å². The van der Waals surface area contributed by atoms with E-state index < -0.39 is 22.2 Å². The van der Waals surface area contributed by atoms with Gasteiger partial charge in [0.1, 0.15) is 5.82 Å². The monoisotopic (exact) mass is 184 g/mol. The van der Waals surface area contributed by atoms with Gasteiger partial charge in [0.05, 0.1) is 17.2 Å². The first-order valence-electron chi connectivity index (χ1n) is 3.33. The summed E-state index contributed by atoms with van der Waals surface area (Å²) in [6, 6.07) is 0.670. The van der Waals surface area contributed by atoms with E-state index in [1.54, 1.807) is 0 Å². The van der Waals surface area contributed by atoms with E-state index in [9.17, 15) is 19.3 Å². The van der Waals surface area contributed by atoms with Crippen LogP contribution in [0.4, 0.5) is 10.1 Å². The summed E-state index contributed by atoms with van der Waals surface area (Å²) < 4.78 is 12.5. The number of nitrogens with zero attached hydrogens (tertiary/aromatic N) is 2. The molecular weight excluding hydrogens is 179 g/mol. The lowest BCUT2D eigenvalue weighted by molar-refractivity contribution is -0.385. The Morgan fingerprint density at radius 1 is 1.69 bits per heavy atom. The lowest BCUT2D eigenvalue weighted by atomic mass is 10.2. The van der Waals surface area contributed by atoms with Crippen LogP contribution in [0.3, 0.4) is 0 Å². The maximum atomic E-state index is 12.5. The molecule has 1 heterocycles. The standard InChI is InChI=1S/C7H5FN2O3/c1-4(11)7-6(10(12)13)2-5(8)3-9-7/h2-3H,1H3. The number of hydrogen-bond donors (Lipinski definition) is 0. The normalized spacial score (nSPS) is 9.69. The molecule has 0 radical (unpaired) electrons. The average Bonchev–Trinajstić information content (AvgIpc) is 2.03. The molecule has 68 valence electrons. The minimum atomic E-state index is -0.840. The van der Waals surface area contributed by atoms with E-state index in [1.807, 2.05) is 0 Å². The zero-order valence-electron chi connectivity index (χ0n) is 6.65. The fraction of sp³-hybridized carbons (Fsp3) is 0.143. The highest BCUT2D eigenvalue weighted by molar-refractivity contribution is 5.95. The summed E-state index contributed by atoms with van der Waals surface area (Å²) in [6.45, 7) is 1.13. The number of carbonyl (C=O) groups is 1. The van der Waals surface area contributed by atoms with Crippen LogP contribution >= 0.6 is 0 Å². The first-order valence-corrected chi connectivity index (χ1v) is 3.33. The minimum Gasteiger partial charge on any atom is -0.292 e. The van der Waals surface area contributed by atoms with Gasteiger partial charge in [0.15, 0.2) is 11.5 Å². The highest BCUT2D eigenvalue weighted by Gasteiger charge is 2.19. The molecule has 0 aromatic carbocycles. The van der Waals surface area contributed by atoms with Crippen molar-refractivity contribution < 1.29 is 14.1 Å². The predicted octanol–water partition coefficient (Wildman–Crippen LogP) is 1.33. The van der Waals surface area contributed by atoms with Crippen molar-refractivity contribution in [1.82, 2.24) is 4.98 Å². The molecule has 5 nitrogen and oxygen atoms in total. The topological polar surface area (TPSA) is 73.1 Å². The summed E-state index contributed by atoms with van der Waals surface area (Å²) >= 11 is 0. The van der Waals surface area contributed by atoms with Crippen LogP contribution < -0.4 is 0 Å². The first-order chi connectivity index (χ1) is 6.02. The molecule has 0 saturated heterocycles. The van der Waals surface area contributed by atoms with Gasteiger partial charge in [-0.25, -0.2) is 9.37 Å². The molecule has 0 aliphatic carbocycles. The number of rotatable bonds is 2. The molecule has 0 aliphatic rings. The zero-order chi connectivity index (χ0) is 10.0. The number of carbonyl (C=O) groups excluding carboxylic acids is 1. The van der Waals surface area contributed by atoms with E-state index >= 15 is 0 Å². The summed E-state index contributed by atoms with van der Waals surface area (Å²) in [7, 11) is 0. The number of ketones is 1. The second-order valence-corrected chi connectivity index (χ2v) is 2.33. The largest absolute Gasteiger partial charge is 0.301 e. The molecule has 0 aliphatic heterocycles. The molecule has 13 heavy (non-hydrogen) atoms. The Morgan fingerprint density at radius 3 is 2.77 bits per heavy atom. The smallest absolute Gasteiger partial charge is 0.292 e. The van der Waals surface area contributed by atoms with E-state index in [2.05, 4.69) is 4.98 Å². The Labute approximate surface area is 72.4 Å². The van der Waals surface area contributed by atoms with Gasteiger partial charge in [-0.05, 0) is 0 Å². The van der Waals surface area contributed by atoms with Gasteiger partial charge in [-0.2, -0.15) is 0 Å². The van der Waals surface area contributed by atoms with Crippen molar-refractivity contribution in [3.05, 3.63) is 33.9 Å². The second-order valence-electron chi connectivity index (χ2n) is 2.33. The molecule has 0 bridgehead atoms. The molecule has 1 rings (SSSR count). The molecule has 0 atom stereocenters. The fourth-order valence-electron chi connectivity index (χ4n) is 0.839. The molecule has 6 heteroatoms. The lowest BCUT2D eigenvalue weighted by Crippen LogP contribution is -2.03. The molecule has 0 fully saturated rings. The van der Waals surface area contributed by atoms with Crippen molar-refractivity contribution >= 4 is 11.5 Å². The molecule has 0 amide bonds. The van der Waals surface area contributed by atoms with Gasteiger partial charge in [0.25, 0.3) is 0 Å². The summed E-state index contributed by atoms with van der Waals surface area (Å²) in [6.07, 6.45) is 0.768. The Balaban J connectivity index is 3.35. The number of pyridine rings is 1. The molecule has 0 N–H and O–H groups in total. The van der Waals surface area contributed by atoms with Crippen molar-refractivity contribution in [2.75, 3.05) is 0 Å². The SMILES string of the molecule is CC(=O)c1ncc(F)cc1[N+](=O)[O-]. The Hall–Kier alpha value is -1.85. The number of hydrogen-bond acceptors (Lipinski definition) is 4. The van der Waals surface area contributed by atoms with Crippen molar-refractivity contribution in [3.63, 3.8) is 0 Å². The molecule has 0 spiro atoms. The minimum absolute atomic E-state index is 0.327. The van der Waals surface area contributed by atoms with Crippen molar-refractivity contribution in [3.8, 4) is 0 Å². The molecule has 0 saturated carbocycles. The van der Waals surface area contributed by atoms with Gasteiger partial charge >= 0.3 is 5.69 Å². The number of halogens is 1. The molecule has 0 unspecified atom stereocenters. The van der Waals surface area contributed by atoms with Crippen molar-refractivity contribution in [1.29, 1.82) is 0 Å². The quantitative estimate of drug-likeness (QED) is 0.394. The zero-order valence-corrected chi connectivity index (χ0v) is 6.65. The number of aromatic nitrogens is 1. The Kier molecular flexibility index (Phi) is 2.32. The van der Waals surface area contributed by atoms with Crippen molar-refractivity contribution in [2.24, 2.45) is 0 Å². The maximum absolute atomic E-state index is 12.5.